The van der Waals surface area contributed by atoms with E-state index in [0.29, 0.717) is 0 Å². The molecule has 0 saturated carbocycles. The molecule has 0 aliphatic carbocycles. The van der Waals surface area contributed by atoms with Gasteiger partial charge < -0.3 is 0 Å². The van der Waals surface area contributed by atoms with Crippen LogP contribution in [0.1, 0.15) is 16.8 Å². The summed E-state index contributed by atoms with van der Waals surface area (Å²) in [5.41, 5.74) is 4.95. The van der Waals surface area contributed by atoms with Crippen molar-refractivity contribution in [3.05, 3.63) is 59.4 Å². The molecule has 100 valence electrons. The smallest absolute Gasteiger partial charge is 0.182 e. The molecule has 0 spiro atoms. The van der Waals surface area contributed by atoms with Gasteiger partial charge >= 0.3 is 0 Å². The minimum absolute atomic E-state index is 0.781. The predicted molar refractivity (Wildman–Crippen MR) is 80.0 cm³/mol. The van der Waals surface area contributed by atoms with E-state index in [-0.39, 0.29) is 0 Å². The summed E-state index contributed by atoms with van der Waals surface area (Å²) in [6.07, 6.45) is 1.95. The van der Waals surface area contributed by atoms with Crippen LogP contribution in [-0.2, 0) is 0 Å². The summed E-state index contributed by atoms with van der Waals surface area (Å²) < 4.78 is 1.95. The summed E-state index contributed by atoms with van der Waals surface area (Å²) in [5.74, 6) is 0.781. The molecule has 0 aliphatic heterocycles. The fourth-order valence-electron chi connectivity index (χ4n) is 2.28. The van der Waals surface area contributed by atoms with Gasteiger partial charge in [-0.3, -0.25) is 4.40 Å². The lowest BCUT2D eigenvalue weighted by Gasteiger charge is -2.02. The molecule has 0 unspecified atom stereocenters. The normalized spacial score (nSPS) is 11.6. The minimum atomic E-state index is 0.781. The Hall–Kier alpha value is -2.49. The van der Waals surface area contributed by atoms with E-state index in [1.54, 1.807) is 0 Å². The van der Waals surface area contributed by atoms with Crippen molar-refractivity contribution in [3.8, 4) is 0 Å². The zero-order valence-electron chi connectivity index (χ0n) is 11.8. The largest absolute Gasteiger partial charge is 0.283 e. The van der Waals surface area contributed by atoms with Crippen molar-refractivity contribution in [3.63, 3.8) is 0 Å². The van der Waals surface area contributed by atoms with Crippen LogP contribution in [0, 0.1) is 20.8 Å². The fourth-order valence-corrected chi connectivity index (χ4v) is 2.28. The first-order valence-electron chi connectivity index (χ1n) is 6.58. The SMILES string of the molecule is Cc1cccc(C)c1N=Nc1c(C)nc2ccccn12. The zero-order valence-corrected chi connectivity index (χ0v) is 11.8. The Morgan fingerprint density at radius 2 is 1.65 bits per heavy atom. The maximum absolute atomic E-state index is 4.48. The number of aromatic nitrogens is 2. The Kier molecular flexibility index (Phi) is 3.06. The molecule has 3 rings (SSSR count). The van der Waals surface area contributed by atoms with E-state index in [0.717, 1.165) is 34.0 Å². The summed E-state index contributed by atoms with van der Waals surface area (Å²) in [5, 5.41) is 8.83. The average molecular weight is 264 g/mol. The van der Waals surface area contributed by atoms with E-state index in [4.69, 9.17) is 0 Å². The second-order valence-electron chi connectivity index (χ2n) is 4.89. The van der Waals surface area contributed by atoms with E-state index in [1.165, 1.54) is 0 Å². The molecule has 0 N–H and O–H groups in total. The van der Waals surface area contributed by atoms with Gasteiger partial charge in [-0.25, -0.2) is 4.98 Å². The Morgan fingerprint density at radius 3 is 2.40 bits per heavy atom. The maximum atomic E-state index is 4.48. The van der Waals surface area contributed by atoms with Crippen molar-refractivity contribution in [2.45, 2.75) is 20.8 Å². The fraction of sp³-hybridized carbons (Fsp3) is 0.188. The third-order valence-corrected chi connectivity index (χ3v) is 3.36. The quantitative estimate of drug-likeness (QED) is 0.620. The number of nitrogens with zero attached hydrogens (tertiary/aromatic N) is 4. The number of rotatable bonds is 2. The van der Waals surface area contributed by atoms with Gasteiger partial charge in [-0.2, -0.15) is 0 Å². The molecular formula is C16H16N4. The van der Waals surface area contributed by atoms with Gasteiger partial charge in [-0.15, -0.1) is 10.2 Å². The first-order chi connectivity index (χ1) is 9.66. The van der Waals surface area contributed by atoms with Crippen molar-refractivity contribution >= 4 is 17.2 Å². The van der Waals surface area contributed by atoms with Gasteiger partial charge in [0, 0.05) is 6.20 Å². The molecule has 4 nitrogen and oxygen atoms in total. The first kappa shape index (κ1) is 12.5. The molecule has 2 heterocycles. The lowest BCUT2D eigenvalue weighted by Crippen LogP contribution is -1.82. The van der Waals surface area contributed by atoms with Crippen LogP contribution in [0.15, 0.2) is 52.8 Å². The van der Waals surface area contributed by atoms with Gasteiger partial charge in [0.2, 0.25) is 0 Å². The number of hydrogen-bond acceptors (Lipinski definition) is 3. The predicted octanol–water partition coefficient (Wildman–Crippen LogP) is 4.67. The molecule has 4 heteroatoms. The Bertz CT molecular complexity index is 779. The van der Waals surface area contributed by atoms with Crippen LogP contribution < -0.4 is 0 Å². The van der Waals surface area contributed by atoms with Crippen LogP contribution in [0.5, 0.6) is 0 Å². The van der Waals surface area contributed by atoms with Crippen molar-refractivity contribution in [2.24, 2.45) is 10.2 Å². The van der Waals surface area contributed by atoms with Gasteiger partial charge in [-0.05, 0) is 44.0 Å². The highest BCUT2D eigenvalue weighted by atomic mass is 15.2. The van der Waals surface area contributed by atoms with Crippen LogP contribution >= 0.6 is 0 Å². The van der Waals surface area contributed by atoms with E-state index in [1.807, 2.05) is 67.8 Å². The van der Waals surface area contributed by atoms with Gasteiger partial charge in [0.25, 0.3) is 0 Å². The van der Waals surface area contributed by atoms with E-state index < -0.39 is 0 Å². The molecule has 0 amide bonds. The second-order valence-corrected chi connectivity index (χ2v) is 4.89. The molecule has 20 heavy (non-hydrogen) atoms. The van der Waals surface area contributed by atoms with Gasteiger partial charge in [0.05, 0.1) is 11.4 Å². The molecule has 1 aromatic carbocycles. The Morgan fingerprint density at radius 1 is 0.900 bits per heavy atom. The number of benzene rings is 1. The highest BCUT2D eigenvalue weighted by Crippen LogP contribution is 2.27. The molecule has 0 radical (unpaired) electrons. The highest BCUT2D eigenvalue weighted by molar-refractivity contribution is 5.54. The summed E-state index contributed by atoms with van der Waals surface area (Å²) in [6, 6.07) is 12.0. The minimum Gasteiger partial charge on any atom is -0.283 e. The number of pyridine rings is 1. The standard InChI is InChI=1S/C16H16N4/c1-11-7-6-8-12(2)15(11)18-19-16-13(3)17-14-9-4-5-10-20(14)16/h4-10H,1-3H3. The average Bonchev–Trinajstić information content (AvgIpc) is 2.74. The van der Waals surface area contributed by atoms with Crippen molar-refractivity contribution in [1.29, 1.82) is 0 Å². The van der Waals surface area contributed by atoms with Crippen LogP contribution in [-0.4, -0.2) is 9.38 Å². The maximum Gasteiger partial charge on any atom is 0.182 e. The third kappa shape index (κ3) is 2.09. The van der Waals surface area contributed by atoms with Crippen LogP contribution in [0.4, 0.5) is 11.5 Å². The molecule has 0 atom stereocenters. The molecule has 3 aromatic rings. The Balaban J connectivity index is 2.09. The first-order valence-corrected chi connectivity index (χ1v) is 6.58. The van der Waals surface area contributed by atoms with E-state index in [9.17, 15) is 0 Å². The highest BCUT2D eigenvalue weighted by Gasteiger charge is 2.07. The van der Waals surface area contributed by atoms with Gasteiger partial charge in [-0.1, -0.05) is 24.3 Å². The van der Waals surface area contributed by atoms with Gasteiger partial charge in [0.15, 0.2) is 5.82 Å². The zero-order chi connectivity index (χ0) is 14.1. The monoisotopic (exact) mass is 264 g/mol. The van der Waals surface area contributed by atoms with Crippen LogP contribution in [0.3, 0.4) is 0 Å². The lowest BCUT2D eigenvalue weighted by atomic mass is 10.1. The molecule has 0 saturated heterocycles. The Labute approximate surface area is 117 Å². The molecule has 0 bridgehead atoms. The van der Waals surface area contributed by atoms with Crippen molar-refractivity contribution in [2.75, 3.05) is 0 Å². The summed E-state index contributed by atoms with van der Waals surface area (Å²) >= 11 is 0. The third-order valence-electron chi connectivity index (χ3n) is 3.36. The van der Waals surface area contributed by atoms with Crippen molar-refractivity contribution in [1.82, 2.24) is 9.38 Å². The second kappa shape index (κ2) is 4.89. The van der Waals surface area contributed by atoms with E-state index >= 15 is 0 Å². The summed E-state index contributed by atoms with van der Waals surface area (Å²) in [6.45, 7) is 6.04. The van der Waals surface area contributed by atoms with E-state index in [2.05, 4.69) is 15.2 Å². The number of aryl methyl sites for hydroxylation is 3. The molecular weight excluding hydrogens is 248 g/mol. The number of fused-ring (bicyclic) bond motifs is 1. The number of hydrogen-bond donors (Lipinski definition) is 0. The lowest BCUT2D eigenvalue weighted by molar-refractivity contribution is 1.08. The van der Waals surface area contributed by atoms with Crippen LogP contribution in [0.25, 0.3) is 5.65 Å². The molecule has 0 fully saturated rings. The summed E-state index contributed by atoms with van der Waals surface area (Å²) in [7, 11) is 0. The van der Waals surface area contributed by atoms with Crippen molar-refractivity contribution < 1.29 is 0 Å². The number of azo groups is 1. The molecule has 0 aliphatic rings. The molecule has 2 aromatic heterocycles. The topological polar surface area (TPSA) is 42.0 Å². The summed E-state index contributed by atoms with van der Waals surface area (Å²) in [4.78, 5) is 4.48. The van der Waals surface area contributed by atoms with Gasteiger partial charge in [0.1, 0.15) is 5.65 Å². The van der Waals surface area contributed by atoms with Crippen LogP contribution in [0.2, 0.25) is 0 Å². The number of imidazole rings is 1.